The van der Waals surface area contributed by atoms with Crippen LogP contribution in [0.3, 0.4) is 0 Å². The fraction of sp³-hybridized carbons (Fsp3) is 0.571. The van der Waals surface area contributed by atoms with Gasteiger partial charge in [-0.25, -0.2) is 0 Å². The van der Waals surface area contributed by atoms with Crippen molar-refractivity contribution in [2.45, 2.75) is 66.3 Å². The van der Waals surface area contributed by atoms with Gasteiger partial charge >= 0.3 is 0 Å². The zero-order valence-corrected chi connectivity index (χ0v) is 23.1. The third kappa shape index (κ3) is 9.55. The van der Waals surface area contributed by atoms with E-state index in [9.17, 15) is 9.59 Å². The summed E-state index contributed by atoms with van der Waals surface area (Å²) in [7, 11) is 3.24. The zero-order chi connectivity index (χ0) is 25.8. The van der Waals surface area contributed by atoms with Gasteiger partial charge in [-0.05, 0) is 55.5 Å². The van der Waals surface area contributed by atoms with Gasteiger partial charge in [0.1, 0.15) is 0 Å². The Morgan fingerprint density at radius 1 is 0.971 bits per heavy atom. The standard InChI is InChI=1S/C28H42N2O4S/c1-7-8-9-10-27(31)30(18-21(2)3)20-28(32)29(19-24-13-11-22(4)35-24)16-15-23-12-14-25(33-5)26(17-23)34-6/h11-14,17,21H,7-10,15-16,18-20H2,1-6H3. The molecule has 0 atom stereocenters. The maximum absolute atomic E-state index is 13.5. The van der Waals surface area contributed by atoms with Crippen LogP contribution in [0.2, 0.25) is 0 Å². The molecular weight excluding hydrogens is 460 g/mol. The van der Waals surface area contributed by atoms with Gasteiger partial charge in [-0.1, -0.05) is 39.7 Å². The van der Waals surface area contributed by atoms with Crippen molar-refractivity contribution < 1.29 is 19.1 Å². The van der Waals surface area contributed by atoms with E-state index in [4.69, 9.17) is 9.47 Å². The number of carbonyl (C=O) groups excluding carboxylic acids is 2. The number of hydrogen-bond acceptors (Lipinski definition) is 5. The highest BCUT2D eigenvalue weighted by Gasteiger charge is 2.22. The Kier molecular flexibility index (Phi) is 12.1. The summed E-state index contributed by atoms with van der Waals surface area (Å²) in [4.78, 5) is 32.4. The zero-order valence-electron chi connectivity index (χ0n) is 22.3. The van der Waals surface area contributed by atoms with Crippen LogP contribution in [0.25, 0.3) is 0 Å². The highest BCUT2D eigenvalue weighted by Crippen LogP contribution is 2.28. The summed E-state index contributed by atoms with van der Waals surface area (Å²) in [5.41, 5.74) is 1.07. The van der Waals surface area contributed by atoms with E-state index in [0.717, 1.165) is 29.7 Å². The number of methoxy groups -OCH3 is 2. The van der Waals surface area contributed by atoms with E-state index in [0.29, 0.717) is 49.9 Å². The first-order chi connectivity index (χ1) is 16.8. The predicted molar refractivity (Wildman–Crippen MR) is 143 cm³/mol. The third-order valence-corrected chi connectivity index (χ3v) is 6.86. The quantitative estimate of drug-likeness (QED) is 0.293. The van der Waals surface area contributed by atoms with E-state index in [-0.39, 0.29) is 18.4 Å². The minimum Gasteiger partial charge on any atom is -0.493 e. The summed E-state index contributed by atoms with van der Waals surface area (Å²) < 4.78 is 10.8. The summed E-state index contributed by atoms with van der Waals surface area (Å²) >= 11 is 1.70. The molecule has 1 aromatic heterocycles. The number of thiophene rings is 1. The molecule has 0 aliphatic heterocycles. The summed E-state index contributed by atoms with van der Waals surface area (Å²) in [5, 5.41) is 0. The first kappa shape index (κ1) is 28.7. The van der Waals surface area contributed by atoms with Gasteiger partial charge in [-0.3, -0.25) is 9.59 Å². The topological polar surface area (TPSA) is 59.1 Å². The minimum absolute atomic E-state index is 0.0129. The molecule has 0 N–H and O–H groups in total. The number of rotatable bonds is 15. The number of nitrogens with zero attached hydrogens (tertiary/aromatic N) is 2. The molecule has 2 aromatic rings. The second kappa shape index (κ2) is 14.8. The molecule has 0 aliphatic carbocycles. The fourth-order valence-electron chi connectivity index (χ4n) is 3.99. The van der Waals surface area contributed by atoms with Crippen LogP contribution in [0, 0.1) is 12.8 Å². The molecule has 0 radical (unpaired) electrons. The molecule has 0 saturated carbocycles. The average molecular weight is 503 g/mol. The van der Waals surface area contributed by atoms with Gasteiger partial charge in [0, 0.05) is 29.3 Å². The molecule has 194 valence electrons. The van der Waals surface area contributed by atoms with Gasteiger partial charge in [-0.2, -0.15) is 0 Å². The van der Waals surface area contributed by atoms with Gasteiger partial charge in [-0.15, -0.1) is 11.3 Å². The highest BCUT2D eigenvalue weighted by atomic mass is 32.1. The van der Waals surface area contributed by atoms with Crippen LogP contribution in [0.4, 0.5) is 0 Å². The number of benzene rings is 1. The molecule has 0 spiro atoms. The Bertz CT molecular complexity index is 941. The molecule has 35 heavy (non-hydrogen) atoms. The fourth-order valence-corrected chi connectivity index (χ4v) is 4.90. The SMILES string of the molecule is CCCCCC(=O)N(CC(=O)N(CCc1ccc(OC)c(OC)c1)Cc1ccc(C)s1)CC(C)C. The lowest BCUT2D eigenvalue weighted by Crippen LogP contribution is -2.44. The number of unbranched alkanes of at least 4 members (excludes halogenated alkanes) is 2. The van der Waals surface area contributed by atoms with Crippen molar-refractivity contribution in [3.8, 4) is 11.5 Å². The summed E-state index contributed by atoms with van der Waals surface area (Å²) in [6, 6.07) is 10.0. The highest BCUT2D eigenvalue weighted by molar-refractivity contribution is 7.11. The van der Waals surface area contributed by atoms with E-state index in [1.165, 1.54) is 4.88 Å². The van der Waals surface area contributed by atoms with E-state index >= 15 is 0 Å². The first-order valence-corrected chi connectivity index (χ1v) is 13.4. The molecular formula is C28H42N2O4S. The molecule has 0 saturated heterocycles. The lowest BCUT2D eigenvalue weighted by atomic mass is 10.1. The molecule has 0 fully saturated rings. The largest absolute Gasteiger partial charge is 0.493 e. The molecule has 0 aliphatic rings. The number of carbonyl (C=O) groups is 2. The third-order valence-electron chi connectivity index (χ3n) is 5.87. The maximum atomic E-state index is 13.5. The number of amides is 2. The van der Waals surface area contributed by atoms with Crippen LogP contribution >= 0.6 is 11.3 Å². The predicted octanol–water partition coefficient (Wildman–Crippen LogP) is 5.71. The Labute approximate surface area is 215 Å². The summed E-state index contributed by atoms with van der Waals surface area (Å²) in [6.45, 7) is 10.2. The van der Waals surface area contributed by atoms with Crippen molar-refractivity contribution in [3.05, 3.63) is 45.6 Å². The minimum atomic E-state index is -0.0129. The van der Waals surface area contributed by atoms with Crippen molar-refractivity contribution in [2.24, 2.45) is 5.92 Å². The van der Waals surface area contributed by atoms with Gasteiger partial charge < -0.3 is 19.3 Å². The molecule has 0 bridgehead atoms. The van der Waals surface area contributed by atoms with Crippen LogP contribution in [0.1, 0.15) is 61.8 Å². The maximum Gasteiger partial charge on any atom is 0.242 e. The van der Waals surface area contributed by atoms with E-state index in [1.54, 1.807) is 30.5 Å². The molecule has 0 unspecified atom stereocenters. The lowest BCUT2D eigenvalue weighted by Gasteiger charge is -2.29. The Balaban J connectivity index is 2.16. The van der Waals surface area contributed by atoms with Crippen LogP contribution < -0.4 is 9.47 Å². The van der Waals surface area contributed by atoms with Crippen molar-refractivity contribution in [1.82, 2.24) is 9.80 Å². The molecule has 1 aromatic carbocycles. The molecule has 2 amide bonds. The first-order valence-electron chi connectivity index (χ1n) is 12.6. The molecule has 6 nitrogen and oxygen atoms in total. The van der Waals surface area contributed by atoms with Gasteiger partial charge in [0.2, 0.25) is 11.8 Å². The van der Waals surface area contributed by atoms with Crippen molar-refractivity contribution in [3.63, 3.8) is 0 Å². The Morgan fingerprint density at radius 3 is 2.31 bits per heavy atom. The van der Waals surface area contributed by atoms with Gasteiger partial charge in [0.15, 0.2) is 11.5 Å². The summed E-state index contributed by atoms with van der Waals surface area (Å²) in [5.74, 6) is 1.73. The van der Waals surface area contributed by atoms with Crippen molar-refractivity contribution in [2.75, 3.05) is 33.9 Å². The van der Waals surface area contributed by atoms with Crippen molar-refractivity contribution >= 4 is 23.2 Å². The van der Waals surface area contributed by atoms with Crippen molar-refractivity contribution in [1.29, 1.82) is 0 Å². The normalized spacial score (nSPS) is 10.9. The molecule has 7 heteroatoms. The molecule has 1 heterocycles. The Hall–Kier alpha value is -2.54. The van der Waals surface area contributed by atoms with Gasteiger partial charge in [0.25, 0.3) is 0 Å². The van der Waals surface area contributed by atoms with E-state index < -0.39 is 0 Å². The summed E-state index contributed by atoms with van der Waals surface area (Å²) in [6.07, 6.45) is 4.16. The number of ether oxygens (including phenoxy) is 2. The van der Waals surface area contributed by atoms with Gasteiger partial charge in [0.05, 0.1) is 27.3 Å². The van der Waals surface area contributed by atoms with Crippen LogP contribution in [-0.4, -0.2) is 55.5 Å². The van der Waals surface area contributed by atoms with E-state index in [2.05, 4.69) is 39.8 Å². The lowest BCUT2D eigenvalue weighted by molar-refractivity contribution is -0.141. The average Bonchev–Trinajstić information content (AvgIpc) is 3.25. The van der Waals surface area contributed by atoms with Crippen LogP contribution in [0.15, 0.2) is 30.3 Å². The smallest absolute Gasteiger partial charge is 0.242 e. The van der Waals surface area contributed by atoms with E-state index in [1.807, 2.05) is 23.1 Å². The number of hydrogen-bond donors (Lipinski definition) is 0. The van der Waals surface area contributed by atoms with Crippen LogP contribution in [0.5, 0.6) is 11.5 Å². The van der Waals surface area contributed by atoms with Crippen LogP contribution in [-0.2, 0) is 22.6 Å². The molecule has 2 rings (SSSR count). The second-order valence-electron chi connectivity index (χ2n) is 9.39. The second-order valence-corrected chi connectivity index (χ2v) is 10.8. The monoisotopic (exact) mass is 502 g/mol. The Morgan fingerprint density at radius 2 is 1.71 bits per heavy atom. The number of aryl methyl sites for hydroxylation is 1.